The van der Waals surface area contributed by atoms with Crippen molar-refractivity contribution < 1.29 is 14.3 Å². The Morgan fingerprint density at radius 2 is 1.70 bits per heavy atom. The first-order valence-electron chi connectivity index (χ1n) is 7.51. The number of carbonyl (C=O) groups excluding carboxylic acids is 1. The van der Waals surface area contributed by atoms with E-state index in [2.05, 4.69) is 10.6 Å². The number of carbonyl (C=O) groups is 1. The summed E-state index contributed by atoms with van der Waals surface area (Å²) in [5.41, 5.74) is 2.32. The fraction of sp³-hybridized carbons (Fsp3) is 0.278. The van der Waals surface area contributed by atoms with E-state index in [1.807, 2.05) is 31.2 Å². The summed E-state index contributed by atoms with van der Waals surface area (Å²) < 4.78 is 10.4. The maximum atomic E-state index is 12.5. The lowest BCUT2D eigenvalue weighted by molar-refractivity contribution is 0.102. The average molecular weight is 314 g/mol. The molecule has 23 heavy (non-hydrogen) atoms. The van der Waals surface area contributed by atoms with Crippen molar-refractivity contribution in [2.75, 3.05) is 26.1 Å². The van der Waals surface area contributed by atoms with Gasteiger partial charge in [0.1, 0.15) is 11.5 Å². The highest BCUT2D eigenvalue weighted by atomic mass is 16.5. The molecule has 0 fully saturated rings. The Morgan fingerprint density at radius 3 is 2.30 bits per heavy atom. The van der Waals surface area contributed by atoms with Gasteiger partial charge in [0, 0.05) is 23.9 Å². The molecule has 0 aliphatic rings. The second kappa shape index (κ2) is 8.19. The first-order valence-corrected chi connectivity index (χ1v) is 7.51. The van der Waals surface area contributed by atoms with Crippen LogP contribution in [0.3, 0.4) is 0 Å². The topological polar surface area (TPSA) is 59.6 Å². The van der Waals surface area contributed by atoms with Gasteiger partial charge in [-0.15, -0.1) is 0 Å². The smallest absolute Gasteiger partial charge is 0.255 e. The third-order valence-corrected chi connectivity index (χ3v) is 3.44. The molecule has 0 heterocycles. The first kappa shape index (κ1) is 16.8. The van der Waals surface area contributed by atoms with Gasteiger partial charge in [-0.2, -0.15) is 0 Å². The molecule has 0 aromatic heterocycles. The SMILES string of the molecule is CCNCc1ccccc1NC(=O)c1cc(OC)cc(OC)c1. The normalized spacial score (nSPS) is 10.2. The Hall–Kier alpha value is -2.53. The number of anilines is 1. The number of ether oxygens (including phenoxy) is 2. The zero-order valence-corrected chi connectivity index (χ0v) is 13.7. The van der Waals surface area contributed by atoms with E-state index in [0.717, 1.165) is 17.8 Å². The lowest BCUT2D eigenvalue weighted by Gasteiger charge is -2.12. The fourth-order valence-electron chi connectivity index (χ4n) is 2.19. The van der Waals surface area contributed by atoms with Crippen molar-refractivity contribution in [2.45, 2.75) is 13.5 Å². The summed E-state index contributed by atoms with van der Waals surface area (Å²) in [5, 5.41) is 6.21. The van der Waals surface area contributed by atoms with Crippen LogP contribution >= 0.6 is 0 Å². The highest BCUT2D eigenvalue weighted by Crippen LogP contribution is 2.24. The second-order valence-electron chi connectivity index (χ2n) is 4.99. The number of hydrogen-bond donors (Lipinski definition) is 2. The summed E-state index contributed by atoms with van der Waals surface area (Å²) in [6, 6.07) is 12.8. The minimum Gasteiger partial charge on any atom is -0.497 e. The van der Waals surface area contributed by atoms with Gasteiger partial charge < -0.3 is 20.1 Å². The number of para-hydroxylation sites is 1. The summed E-state index contributed by atoms with van der Waals surface area (Å²) in [7, 11) is 3.12. The van der Waals surface area contributed by atoms with Crippen LogP contribution in [0.4, 0.5) is 5.69 Å². The summed E-state index contributed by atoms with van der Waals surface area (Å²) in [6.07, 6.45) is 0. The van der Waals surface area contributed by atoms with Gasteiger partial charge in [-0.1, -0.05) is 25.1 Å². The molecule has 0 aliphatic carbocycles. The van der Waals surface area contributed by atoms with Gasteiger partial charge in [-0.3, -0.25) is 4.79 Å². The van der Waals surface area contributed by atoms with Gasteiger partial charge in [0.15, 0.2) is 0 Å². The van der Waals surface area contributed by atoms with Crippen molar-refractivity contribution in [3.05, 3.63) is 53.6 Å². The summed E-state index contributed by atoms with van der Waals surface area (Å²) in [5.74, 6) is 0.956. The van der Waals surface area contributed by atoms with Crippen LogP contribution in [0, 0.1) is 0 Å². The molecule has 2 aromatic carbocycles. The lowest BCUT2D eigenvalue weighted by atomic mass is 10.1. The van der Waals surface area contributed by atoms with Gasteiger partial charge in [-0.25, -0.2) is 0 Å². The van der Waals surface area contributed by atoms with E-state index in [1.165, 1.54) is 0 Å². The number of amides is 1. The molecule has 5 nitrogen and oxygen atoms in total. The average Bonchev–Trinajstić information content (AvgIpc) is 2.60. The monoisotopic (exact) mass is 314 g/mol. The predicted octanol–water partition coefficient (Wildman–Crippen LogP) is 3.07. The summed E-state index contributed by atoms with van der Waals surface area (Å²) in [4.78, 5) is 12.5. The van der Waals surface area contributed by atoms with Crippen LogP contribution in [0.5, 0.6) is 11.5 Å². The van der Waals surface area contributed by atoms with Crippen molar-refractivity contribution in [1.29, 1.82) is 0 Å². The zero-order chi connectivity index (χ0) is 16.7. The molecule has 0 unspecified atom stereocenters. The Balaban J connectivity index is 2.22. The first-order chi connectivity index (χ1) is 11.2. The van der Waals surface area contributed by atoms with Gasteiger partial charge in [0.25, 0.3) is 5.91 Å². The molecular weight excluding hydrogens is 292 g/mol. The van der Waals surface area contributed by atoms with Crippen LogP contribution in [-0.2, 0) is 6.54 Å². The second-order valence-corrected chi connectivity index (χ2v) is 4.99. The molecule has 2 aromatic rings. The third kappa shape index (κ3) is 4.47. The van der Waals surface area contributed by atoms with Crippen molar-refractivity contribution in [1.82, 2.24) is 5.32 Å². The van der Waals surface area contributed by atoms with E-state index < -0.39 is 0 Å². The van der Waals surface area contributed by atoms with Crippen LogP contribution in [0.1, 0.15) is 22.8 Å². The molecule has 1 amide bonds. The molecular formula is C18H22N2O3. The van der Waals surface area contributed by atoms with E-state index in [4.69, 9.17) is 9.47 Å². The van der Waals surface area contributed by atoms with Crippen LogP contribution < -0.4 is 20.1 Å². The molecule has 0 radical (unpaired) electrons. The highest BCUT2D eigenvalue weighted by Gasteiger charge is 2.12. The molecule has 0 saturated heterocycles. The summed E-state index contributed by atoms with van der Waals surface area (Å²) >= 11 is 0. The lowest BCUT2D eigenvalue weighted by Crippen LogP contribution is -2.17. The van der Waals surface area contributed by atoms with Crippen LogP contribution in [0.2, 0.25) is 0 Å². The minimum atomic E-state index is -0.203. The Morgan fingerprint density at radius 1 is 1.04 bits per heavy atom. The van der Waals surface area contributed by atoms with Gasteiger partial charge >= 0.3 is 0 Å². The van der Waals surface area contributed by atoms with Crippen molar-refractivity contribution in [3.8, 4) is 11.5 Å². The highest BCUT2D eigenvalue weighted by molar-refractivity contribution is 6.05. The van der Waals surface area contributed by atoms with Crippen LogP contribution in [-0.4, -0.2) is 26.7 Å². The standard InChI is InChI=1S/C18H22N2O3/c1-4-19-12-13-7-5-6-8-17(13)20-18(21)14-9-15(22-2)11-16(10-14)23-3/h5-11,19H,4,12H2,1-3H3,(H,20,21). The largest absolute Gasteiger partial charge is 0.497 e. The van der Waals surface area contributed by atoms with Crippen molar-refractivity contribution in [2.24, 2.45) is 0 Å². The molecule has 0 saturated carbocycles. The van der Waals surface area contributed by atoms with E-state index in [9.17, 15) is 4.79 Å². The van der Waals surface area contributed by atoms with E-state index in [-0.39, 0.29) is 5.91 Å². The summed E-state index contributed by atoms with van der Waals surface area (Å²) in [6.45, 7) is 3.62. The number of nitrogens with one attached hydrogen (secondary N) is 2. The van der Waals surface area contributed by atoms with Crippen LogP contribution in [0.25, 0.3) is 0 Å². The van der Waals surface area contributed by atoms with Gasteiger partial charge in [0.05, 0.1) is 14.2 Å². The van der Waals surface area contributed by atoms with E-state index in [0.29, 0.717) is 23.6 Å². The minimum absolute atomic E-state index is 0.203. The Kier molecular flexibility index (Phi) is 6.00. The molecule has 0 aliphatic heterocycles. The maximum absolute atomic E-state index is 12.5. The molecule has 0 atom stereocenters. The maximum Gasteiger partial charge on any atom is 0.255 e. The Labute approximate surface area is 136 Å². The molecule has 122 valence electrons. The van der Waals surface area contributed by atoms with Crippen molar-refractivity contribution >= 4 is 11.6 Å². The van der Waals surface area contributed by atoms with E-state index >= 15 is 0 Å². The van der Waals surface area contributed by atoms with Gasteiger partial charge in [0.2, 0.25) is 0 Å². The number of benzene rings is 2. The molecule has 5 heteroatoms. The number of hydrogen-bond acceptors (Lipinski definition) is 4. The molecule has 0 spiro atoms. The Bertz CT molecular complexity index is 649. The number of methoxy groups -OCH3 is 2. The van der Waals surface area contributed by atoms with Gasteiger partial charge in [-0.05, 0) is 30.3 Å². The quantitative estimate of drug-likeness (QED) is 0.824. The number of rotatable bonds is 7. The zero-order valence-electron chi connectivity index (χ0n) is 13.7. The fourth-order valence-corrected chi connectivity index (χ4v) is 2.19. The molecule has 2 rings (SSSR count). The van der Waals surface area contributed by atoms with E-state index in [1.54, 1.807) is 32.4 Å². The van der Waals surface area contributed by atoms with Crippen LogP contribution in [0.15, 0.2) is 42.5 Å². The van der Waals surface area contributed by atoms with Crippen molar-refractivity contribution in [3.63, 3.8) is 0 Å². The molecule has 2 N–H and O–H groups in total. The molecule has 0 bridgehead atoms. The third-order valence-electron chi connectivity index (χ3n) is 3.44. The predicted molar refractivity (Wildman–Crippen MR) is 91.3 cm³/mol.